The first-order valence-electron chi connectivity index (χ1n) is 12.0. The predicted molar refractivity (Wildman–Crippen MR) is 136 cm³/mol. The molecule has 0 unspecified atom stereocenters. The van der Waals surface area contributed by atoms with E-state index in [-0.39, 0.29) is 0 Å². The summed E-state index contributed by atoms with van der Waals surface area (Å²) >= 11 is 0. The lowest BCUT2D eigenvalue weighted by Gasteiger charge is -2.19. The Morgan fingerprint density at radius 2 is 1.86 bits per heavy atom. The number of aromatic nitrogens is 6. The molecule has 1 aliphatic rings. The second-order valence-corrected chi connectivity index (χ2v) is 9.72. The summed E-state index contributed by atoms with van der Waals surface area (Å²) in [6.07, 6.45) is 9.25. The van der Waals surface area contributed by atoms with Crippen LogP contribution < -0.4 is 5.32 Å². The van der Waals surface area contributed by atoms with Gasteiger partial charge in [0.1, 0.15) is 17.0 Å². The van der Waals surface area contributed by atoms with Crippen LogP contribution in [-0.2, 0) is 4.74 Å². The summed E-state index contributed by atoms with van der Waals surface area (Å²) in [5, 5.41) is 8.38. The van der Waals surface area contributed by atoms with E-state index in [1.54, 1.807) is 36.8 Å². The van der Waals surface area contributed by atoms with Gasteiger partial charge in [-0.1, -0.05) is 18.8 Å². The van der Waals surface area contributed by atoms with Gasteiger partial charge < -0.3 is 10.1 Å². The second-order valence-electron chi connectivity index (χ2n) is 9.72. The number of nitrogens with one attached hydrogen (secondary N) is 1. The third-order valence-electron chi connectivity index (χ3n) is 5.70. The Morgan fingerprint density at radius 3 is 2.67 bits per heavy atom. The number of rotatable bonds is 3. The van der Waals surface area contributed by atoms with E-state index in [4.69, 9.17) is 4.74 Å². The van der Waals surface area contributed by atoms with Crippen molar-refractivity contribution in [1.82, 2.24) is 29.7 Å². The van der Waals surface area contributed by atoms with Gasteiger partial charge in [0, 0.05) is 29.4 Å². The van der Waals surface area contributed by atoms with E-state index in [1.807, 2.05) is 32.9 Å². The molecule has 0 bridgehead atoms. The van der Waals surface area contributed by atoms with Crippen molar-refractivity contribution < 1.29 is 9.53 Å². The molecule has 1 aromatic carbocycles. The van der Waals surface area contributed by atoms with Crippen molar-refractivity contribution in [3.05, 3.63) is 60.2 Å². The average molecular weight is 482 g/mol. The van der Waals surface area contributed by atoms with Crippen LogP contribution in [0, 0.1) is 11.8 Å². The van der Waals surface area contributed by atoms with Crippen LogP contribution in [0.4, 0.5) is 10.7 Å². The Morgan fingerprint density at radius 1 is 1.06 bits per heavy atom. The van der Waals surface area contributed by atoms with Gasteiger partial charge >= 0.3 is 6.09 Å². The molecule has 0 saturated heterocycles. The van der Waals surface area contributed by atoms with Gasteiger partial charge in [0.05, 0.1) is 11.7 Å². The molecule has 0 spiro atoms. The normalized spacial score (nSPS) is 13.9. The van der Waals surface area contributed by atoms with Gasteiger partial charge in [0.2, 0.25) is 5.95 Å². The number of nitrogens with zero attached hydrogens (tertiary/aromatic N) is 6. The first kappa shape index (κ1) is 23.4. The van der Waals surface area contributed by atoms with Gasteiger partial charge in [0.25, 0.3) is 0 Å². The number of ether oxygens (including phenoxy) is 1. The maximum atomic E-state index is 12.4. The Bertz CT molecular complexity index is 1470. The van der Waals surface area contributed by atoms with Crippen LogP contribution in [0.1, 0.15) is 57.7 Å². The topological polar surface area (TPSA) is 108 Å². The van der Waals surface area contributed by atoms with Crippen molar-refractivity contribution in [2.75, 3.05) is 5.32 Å². The third kappa shape index (κ3) is 5.49. The number of benzene rings is 1. The third-order valence-corrected chi connectivity index (χ3v) is 5.70. The lowest BCUT2D eigenvalue weighted by atomic mass is 10.1. The highest BCUT2D eigenvalue weighted by molar-refractivity contribution is 5.88. The molecule has 5 rings (SSSR count). The lowest BCUT2D eigenvalue weighted by Crippen LogP contribution is -2.27. The average Bonchev–Trinajstić information content (AvgIpc) is 3.52. The molecule has 3 heterocycles. The van der Waals surface area contributed by atoms with Gasteiger partial charge in [-0.2, -0.15) is 9.78 Å². The van der Waals surface area contributed by atoms with Crippen molar-refractivity contribution in [2.45, 2.75) is 58.1 Å². The fraction of sp³-hybridized carbons (Fsp3) is 0.333. The van der Waals surface area contributed by atoms with Gasteiger partial charge in [-0.15, -0.1) is 0 Å². The molecule has 0 atom stereocenters. The van der Waals surface area contributed by atoms with Crippen LogP contribution >= 0.6 is 0 Å². The fourth-order valence-electron chi connectivity index (χ4n) is 4.05. The first-order valence-corrected chi connectivity index (χ1v) is 12.0. The monoisotopic (exact) mass is 481 g/mol. The molecule has 1 fully saturated rings. The Kier molecular flexibility index (Phi) is 6.34. The van der Waals surface area contributed by atoms with Gasteiger partial charge in [-0.25, -0.2) is 24.7 Å². The van der Waals surface area contributed by atoms with Crippen LogP contribution in [0.3, 0.4) is 0 Å². The van der Waals surface area contributed by atoms with Gasteiger partial charge in [-0.3, -0.25) is 0 Å². The number of carbonyl (C=O) groups is 1. The molecule has 0 amide bonds. The maximum absolute atomic E-state index is 12.4. The van der Waals surface area contributed by atoms with E-state index >= 15 is 0 Å². The predicted octanol–water partition coefficient (Wildman–Crippen LogP) is 4.82. The molecule has 9 nitrogen and oxygen atoms in total. The first-order chi connectivity index (χ1) is 17.3. The van der Waals surface area contributed by atoms with Crippen molar-refractivity contribution in [2.24, 2.45) is 0 Å². The molecule has 9 heteroatoms. The minimum Gasteiger partial charge on any atom is -0.442 e. The SMILES string of the molecule is CC(C)(C)OC(=O)n1ncc2cc(C#Cc3ccnc(-c4ccnc(NC5CCCC5)n4)n3)ccc21. The van der Waals surface area contributed by atoms with Crippen molar-refractivity contribution in [3.8, 4) is 23.4 Å². The summed E-state index contributed by atoms with van der Waals surface area (Å²) in [6, 6.07) is 9.50. The zero-order valence-corrected chi connectivity index (χ0v) is 20.5. The van der Waals surface area contributed by atoms with Gasteiger partial charge in [-0.05, 0) is 69.9 Å². The fourth-order valence-corrected chi connectivity index (χ4v) is 4.05. The molecule has 4 aromatic rings. The van der Waals surface area contributed by atoms with E-state index in [9.17, 15) is 4.79 Å². The van der Waals surface area contributed by atoms with E-state index in [0.29, 0.717) is 34.7 Å². The summed E-state index contributed by atoms with van der Waals surface area (Å²) in [7, 11) is 0. The number of anilines is 1. The van der Waals surface area contributed by atoms with Crippen molar-refractivity contribution in [3.63, 3.8) is 0 Å². The quantitative estimate of drug-likeness (QED) is 0.415. The zero-order chi connectivity index (χ0) is 25.1. The molecular weight excluding hydrogens is 454 g/mol. The second kappa shape index (κ2) is 9.74. The molecule has 0 radical (unpaired) electrons. The minimum atomic E-state index is -0.600. The number of hydrogen-bond acceptors (Lipinski definition) is 8. The molecule has 3 aromatic heterocycles. The van der Waals surface area contributed by atoms with E-state index in [0.717, 1.165) is 23.8 Å². The highest BCUT2D eigenvalue weighted by Crippen LogP contribution is 2.22. The summed E-state index contributed by atoms with van der Waals surface area (Å²) in [6.45, 7) is 5.46. The van der Waals surface area contributed by atoms with Crippen molar-refractivity contribution in [1.29, 1.82) is 0 Å². The highest BCUT2D eigenvalue weighted by atomic mass is 16.6. The molecule has 182 valence electrons. The standard InChI is InChI=1S/C27H27N7O2/c1-27(2,3)36-26(35)34-23-11-9-18(16-19(23)17-30-34)8-10-21-12-14-28-24(31-21)22-13-15-29-25(33-22)32-20-6-4-5-7-20/h9,11-17,20H,4-7H2,1-3H3,(H,29,32,33). The lowest BCUT2D eigenvalue weighted by molar-refractivity contribution is 0.0522. The molecule has 1 aliphatic carbocycles. The molecule has 1 N–H and O–H groups in total. The highest BCUT2D eigenvalue weighted by Gasteiger charge is 2.20. The van der Waals surface area contributed by atoms with Crippen LogP contribution in [0.25, 0.3) is 22.4 Å². The number of carbonyl (C=O) groups excluding carboxylic acids is 1. The molecular formula is C27H27N7O2. The molecule has 0 aliphatic heterocycles. The zero-order valence-electron chi connectivity index (χ0n) is 20.5. The Hall–Kier alpha value is -4.32. The number of fused-ring (bicyclic) bond motifs is 1. The summed E-state index contributed by atoms with van der Waals surface area (Å²) in [5.74, 6) is 7.31. The maximum Gasteiger partial charge on any atom is 0.435 e. The largest absolute Gasteiger partial charge is 0.442 e. The number of hydrogen-bond donors (Lipinski definition) is 1. The van der Waals surface area contributed by atoms with Crippen LogP contribution in [0.2, 0.25) is 0 Å². The van der Waals surface area contributed by atoms with Crippen molar-refractivity contribution >= 4 is 22.9 Å². The van der Waals surface area contributed by atoms with Crippen LogP contribution in [-0.4, -0.2) is 47.5 Å². The van der Waals surface area contributed by atoms with Gasteiger partial charge in [0.15, 0.2) is 5.82 Å². The van der Waals surface area contributed by atoms with Crippen LogP contribution in [0.15, 0.2) is 48.9 Å². The Balaban J connectivity index is 1.34. The van der Waals surface area contributed by atoms with Crippen LogP contribution in [0.5, 0.6) is 0 Å². The minimum absolute atomic E-state index is 0.423. The smallest absolute Gasteiger partial charge is 0.435 e. The molecule has 1 saturated carbocycles. The molecule has 36 heavy (non-hydrogen) atoms. The Labute approximate surface area is 209 Å². The van der Waals surface area contributed by atoms with E-state index in [2.05, 4.69) is 42.2 Å². The summed E-state index contributed by atoms with van der Waals surface area (Å²) in [4.78, 5) is 30.3. The van der Waals surface area contributed by atoms with E-state index < -0.39 is 11.7 Å². The summed E-state index contributed by atoms with van der Waals surface area (Å²) in [5.41, 5.74) is 2.05. The van der Waals surface area contributed by atoms with E-state index in [1.165, 1.54) is 17.5 Å². The summed E-state index contributed by atoms with van der Waals surface area (Å²) < 4.78 is 6.68.